The summed E-state index contributed by atoms with van der Waals surface area (Å²) in [6, 6.07) is 6.16. The first-order chi connectivity index (χ1) is 9.91. The Morgan fingerprint density at radius 3 is 2.71 bits per heavy atom. The normalized spacial score (nSPS) is 11.1. The molecule has 0 spiro atoms. The van der Waals surface area contributed by atoms with Crippen molar-refractivity contribution in [1.82, 2.24) is 9.55 Å². The first-order valence-corrected chi connectivity index (χ1v) is 7.89. The molecule has 21 heavy (non-hydrogen) atoms. The third-order valence-electron chi connectivity index (χ3n) is 3.49. The molecular formula is C16H20N2O2S. The van der Waals surface area contributed by atoms with Gasteiger partial charge in [-0.2, -0.15) is 0 Å². The number of carboxylic acids is 1. The van der Waals surface area contributed by atoms with Crippen LogP contribution in [0.25, 0.3) is 5.69 Å². The van der Waals surface area contributed by atoms with E-state index in [1.807, 2.05) is 12.3 Å². The van der Waals surface area contributed by atoms with Crippen LogP contribution in [0.2, 0.25) is 0 Å². The molecule has 1 aromatic heterocycles. The fourth-order valence-corrected chi connectivity index (χ4v) is 2.92. The minimum Gasteiger partial charge on any atom is -0.481 e. The molecule has 2 aromatic rings. The van der Waals surface area contributed by atoms with Gasteiger partial charge in [0.25, 0.3) is 0 Å². The zero-order chi connectivity index (χ0) is 15.6. The molecule has 0 radical (unpaired) electrons. The smallest absolute Gasteiger partial charge is 0.313 e. The number of aliphatic carboxylic acids is 1. The van der Waals surface area contributed by atoms with Crippen LogP contribution in [0.4, 0.5) is 0 Å². The van der Waals surface area contributed by atoms with Crippen molar-refractivity contribution in [3.63, 3.8) is 0 Å². The zero-order valence-electron chi connectivity index (χ0n) is 12.8. The first-order valence-electron chi connectivity index (χ1n) is 6.90. The van der Waals surface area contributed by atoms with Gasteiger partial charge < -0.3 is 5.11 Å². The molecule has 0 aliphatic carbocycles. The third-order valence-corrected chi connectivity index (χ3v) is 4.43. The van der Waals surface area contributed by atoms with Crippen LogP contribution >= 0.6 is 11.8 Å². The van der Waals surface area contributed by atoms with Gasteiger partial charge in [0.2, 0.25) is 0 Å². The Morgan fingerprint density at radius 1 is 1.38 bits per heavy atom. The lowest BCUT2D eigenvalue weighted by molar-refractivity contribution is -0.133. The van der Waals surface area contributed by atoms with Gasteiger partial charge in [-0.3, -0.25) is 9.36 Å². The molecule has 5 heteroatoms. The molecule has 0 fully saturated rings. The monoisotopic (exact) mass is 304 g/mol. The number of hydrogen-bond acceptors (Lipinski definition) is 3. The lowest BCUT2D eigenvalue weighted by Crippen LogP contribution is -2.07. The summed E-state index contributed by atoms with van der Waals surface area (Å²) < 4.78 is 2.08. The van der Waals surface area contributed by atoms with Crippen molar-refractivity contribution >= 4 is 17.7 Å². The van der Waals surface area contributed by atoms with Gasteiger partial charge in [0.1, 0.15) is 0 Å². The molecule has 0 unspecified atom stereocenters. The number of carbonyl (C=O) groups is 1. The lowest BCUT2D eigenvalue weighted by Gasteiger charge is -2.17. The van der Waals surface area contributed by atoms with E-state index < -0.39 is 5.97 Å². The Kier molecular flexibility index (Phi) is 4.73. The number of benzene rings is 1. The standard InChI is InChI=1S/C16H20N2O2S/c1-10(2)14-8-17-16(21-9-15(19)20)18(14)13-7-5-6-11(3)12(13)4/h5-8,10H,9H2,1-4H3,(H,19,20). The summed E-state index contributed by atoms with van der Waals surface area (Å²) in [5, 5.41) is 9.62. The molecular weight excluding hydrogens is 284 g/mol. The second kappa shape index (κ2) is 6.35. The first kappa shape index (κ1) is 15.6. The maximum absolute atomic E-state index is 10.8. The van der Waals surface area contributed by atoms with Gasteiger partial charge in [0.05, 0.1) is 17.6 Å². The molecule has 4 nitrogen and oxygen atoms in total. The molecule has 112 valence electrons. The molecule has 0 aliphatic rings. The Bertz CT molecular complexity index is 662. The number of thioether (sulfide) groups is 1. The highest BCUT2D eigenvalue weighted by Crippen LogP contribution is 2.29. The minimum absolute atomic E-state index is 0.0133. The van der Waals surface area contributed by atoms with Crippen LogP contribution in [0.5, 0.6) is 0 Å². The topological polar surface area (TPSA) is 55.1 Å². The van der Waals surface area contributed by atoms with Crippen molar-refractivity contribution < 1.29 is 9.90 Å². The minimum atomic E-state index is -0.832. The largest absolute Gasteiger partial charge is 0.481 e. The van der Waals surface area contributed by atoms with Crippen LogP contribution in [-0.4, -0.2) is 26.4 Å². The van der Waals surface area contributed by atoms with E-state index in [1.54, 1.807) is 0 Å². The molecule has 0 saturated heterocycles. The molecule has 0 bridgehead atoms. The Balaban J connectivity index is 2.55. The van der Waals surface area contributed by atoms with Crippen LogP contribution < -0.4 is 0 Å². The fourth-order valence-electron chi connectivity index (χ4n) is 2.20. The van der Waals surface area contributed by atoms with Crippen molar-refractivity contribution in [2.45, 2.75) is 38.8 Å². The van der Waals surface area contributed by atoms with Gasteiger partial charge in [-0.15, -0.1) is 0 Å². The highest BCUT2D eigenvalue weighted by molar-refractivity contribution is 7.99. The van der Waals surface area contributed by atoms with E-state index in [1.165, 1.54) is 22.9 Å². The van der Waals surface area contributed by atoms with Crippen molar-refractivity contribution in [1.29, 1.82) is 0 Å². The zero-order valence-corrected chi connectivity index (χ0v) is 13.6. The number of imidazole rings is 1. The van der Waals surface area contributed by atoms with Crippen molar-refractivity contribution in [3.05, 3.63) is 41.2 Å². The van der Waals surface area contributed by atoms with E-state index in [4.69, 9.17) is 5.11 Å². The van der Waals surface area contributed by atoms with Gasteiger partial charge in [0.15, 0.2) is 5.16 Å². The fraction of sp³-hybridized carbons (Fsp3) is 0.375. The predicted molar refractivity (Wildman–Crippen MR) is 85.5 cm³/mol. The number of hydrogen-bond donors (Lipinski definition) is 1. The lowest BCUT2D eigenvalue weighted by atomic mass is 10.1. The molecule has 0 atom stereocenters. The van der Waals surface area contributed by atoms with E-state index in [0.717, 1.165) is 16.5 Å². The Morgan fingerprint density at radius 2 is 2.10 bits per heavy atom. The van der Waals surface area contributed by atoms with Gasteiger partial charge in [-0.25, -0.2) is 4.98 Å². The summed E-state index contributed by atoms with van der Waals surface area (Å²) in [7, 11) is 0. The molecule has 1 heterocycles. The molecule has 0 amide bonds. The molecule has 0 aliphatic heterocycles. The quantitative estimate of drug-likeness (QED) is 0.854. The number of rotatable bonds is 5. The Hall–Kier alpha value is -1.75. The van der Waals surface area contributed by atoms with Crippen LogP contribution in [0.15, 0.2) is 29.6 Å². The summed E-state index contributed by atoms with van der Waals surface area (Å²) in [4.78, 5) is 15.2. The summed E-state index contributed by atoms with van der Waals surface area (Å²) in [6.45, 7) is 8.39. The second-order valence-corrected chi connectivity index (χ2v) is 6.30. The highest BCUT2D eigenvalue weighted by Gasteiger charge is 2.17. The van der Waals surface area contributed by atoms with Crippen molar-refractivity contribution in [2.75, 3.05) is 5.75 Å². The number of aryl methyl sites for hydroxylation is 1. The average Bonchev–Trinajstić information content (AvgIpc) is 2.83. The molecule has 2 rings (SSSR count). The summed E-state index contributed by atoms with van der Waals surface area (Å²) >= 11 is 1.26. The maximum Gasteiger partial charge on any atom is 0.313 e. The second-order valence-electron chi connectivity index (χ2n) is 5.36. The maximum atomic E-state index is 10.8. The Labute approximate surface area is 129 Å². The predicted octanol–water partition coefficient (Wildman–Crippen LogP) is 3.79. The van der Waals surface area contributed by atoms with E-state index >= 15 is 0 Å². The van der Waals surface area contributed by atoms with Crippen LogP contribution in [0, 0.1) is 13.8 Å². The van der Waals surface area contributed by atoms with Gasteiger partial charge in [-0.1, -0.05) is 37.7 Å². The number of aromatic nitrogens is 2. The van der Waals surface area contributed by atoms with Gasteiger partial charge in [-0.05, 0) is 37.0 Å². The SMILES string of the molecule is Cc1cccc(-n2c(C(C)C)cnc2SCC(=O)O)c1C. The van der Waals surface area contributed by atoms with Crippen molar-refractivity contribution in [3.8, 4) is 5.69 Å². The third kappa shape index (κ3) is 3.29. The van der Waals surface area contributed by atoms with Crippen LogP contribution in [0.3, 0.4) is 0 Å². The molecule has 1 aromatic carbocycles. The van der Waals surface area contributed by atoms with E-state index in [9.17, 15) is 4.79 Å². The van der Waals surface area contributed by atoms with E-state index in [2.05, 4.69) is 49.4 Å². The summed E-state index contributed by atoms with van der Waals surface area (Å²) in [5.74, 6) is -0.502. The highest BCUT2D eigenvalue weighted by atomic mass is 32.2. The number of nitrogens with zero attached hydrogens (tertiary/aromatic N) is 2. The number of carboxylic acid groups (broad SMARTS) is 1. The molecule has 0 saturated carbocycles. The summed E-state index contributed by atoms with van der Waals surface area (Å²) in [6.07, 6.45) is 1.84. The van der Waals surface area contributed by atoms with Crippen molar-refractivity contribution in [2.24, 2.45) is 0 Å². The summed E-state index contributed by atoms with van der Waals surface area (Å²) in [5.41, 5.74) is 4.57. The average molecular weight is 304 g/mol. The van der Waals surface area contributed by atoms with E-state index in [0.29, 0.717) is 5.92 Å². The van der Waals surface area contributed by atoms with Crippen LogP contribution in [0.1, 0.15) is 36.6 Å². The van der Waals surface area contributed by atoms with E-state index in [-0.39, 0.29) is 5.75 Å². The van der Waals surface area contributed by atoms with Crippen LogP contribution in [-0.2, 0) is 4.79 Å². The molecule has 1 N–H and O–H groups in total. The van der Waals surface area contributed by atoms with Gasteiger partial charge >= 0.3 is 5.97 Å². The van der Waals surface area contributed by atoms with Gasteiger partial charge in [0, 0.05) is 5.69 Å².